The first kappa shape index (κ1) is 26.1. The van der Waals surface area contributed by atoms with Crippen LogP contribution in [0.25, 0.3) is 0 Å². The van der Waals surface area contributed by atoms with Crippen LogP contribution in [-0.2, 0) is 13.6 Å². The number of unbranched alkanes of at least 4 members (excludes halogenated alkanes) is 13. The monoisotopic (exact) mass is 418 g/mol. The van der Waals surface area contributed by atoms with Gasteiger partial charge in [0, 0.05) is 6.66 Å². The van der Waals surface area contributed by atoms with Crippen LogP contribution >= 0.6 is 7.60 Å². The van der Waals surface area contributed by atoms with Crippen LogP contribution in [0, 0.1) is 0 Å². The Morgan fingerprint density at radius 1 is 0.821 bits per heavy atom. The molecule has 0 radical (unpaired) electrons. The SMILES string of the molecule is CCCCCCCCCCCCCCCC[C@H]1C[N+](C)(C)CCOP(C)(=O)O1. The van der Waals surface area contributed by atoms with E-state index in [4.69, 9.17) is 9.05 Å². The zero-order chi connectivity index (χ0) is 20.7. The molecule has 1 heterocycles. The summed E-state index contributed by atoms with van der Waals surface area (Å²) in [6.45, 7) is 6.25. The zero-order valence-electron chi connectivity index (χ0n) is 19.4. The minimum atomic E-state index is -2.87. The Morgan fingerprint density at radius 3 is 1.79 bits per heavy atom. The number of hydrogen-bond donors (Lipinski definition) is 0. The first-order valence-electron chi connectivity index (χ1n) is 12.1. The van der Waals surface area contributed by atoms with E-state index < -0.39 is 7.60 Å². The van der Waals surface area contributed by atoms with E-state index in [0.717, 1.165) is 24.0 Å². The summed E-state index contributed by atoms with van der Waals surface area (Å²) in [5.41, 5.74) is 0. The van der Waals surface area contributed by atoms with Crippen molar-refractivity contribution in [1.82, 2.24) is 0 Å². The first-order chi connectivity index (χ1) is 13.3. The highest BCUT2D eigenvalue weighted by atomic mass is 31.2. The molecular weight excluding hydrogens is 369 g/mol. The first-order valence-corrected chi connectivity index (χ1v) is 14.1. The van der Waals surface area contributed by atoms with Gasteiger partial charge in [0.1, 0.15) is 25.8 Å². The molecule has 168 valence electrons. The van der Waals surface area contributed by atoms with Crippen LogP contribution in [0.15, 0.2) is 0 Å². The predicted octanol–water partition coefficient (Wildman–Crippen LogP) is 7.17. The minimum Gasteiger partial charge on any atom is -0.324 e. The fraction of sp³-hybridized carbons (Fsp3) is 1.00. The molecule has 0 bridgehead atoms. The van der Waals surface area contributed by atoms with Crippen molar-refractivity contribution in [1.29, 1.82) is 0 Å². The Kier molecular flexibility index (Phi) is 14.0. The van der Waals surface area contributed by atoms with Gasteiger partial charge in [-0.3, -0.25) is 9.09 Å². The smallest absolute Gasteiger partial charge is 0.324 e. The van der Waals surface area contributed by atoms with Gasteiger partial charge in [0.15, 0.2) is 0 Å². The van der Waals surface area contributed by atoms with Crippen LogP contribution in [0.2, 0.25) is 0 Å². The zero-order valence-corrected chi connectivity index (χ0v) is 20.3. The second-order valence-corrected chi connectivity index (χ2v) is 11.6. The third-order valence-electron chi connectivity index (χ3n) is 5.94. The van der Waals surface area contributed by atoms with Gasteiger partial charge in [-0.05, 0) is 6.42 Å². The Bertz CT molecular complexity index is 428. The molecule has 4 nitrogen and oxygen atoms in total. The van der Waals surface area contributed by atoms with Crippen molar-refractivity contribution in [2.75, 3.05) is 40.5 Å². The van der Waals surface area contributed by atoms with E-state index in [1.165, 1.54) is 89.9 Å². The van der Waals surface area contributed by atoms with Gasteiger partial charge >= 0.3 is 7.60 Å². The molecule has 1 saturated heterocycles. The largest absolute Gasteiger partial charge is 0.328 e. The maximum Gasteiger partial charge on any atom is 0.328 e. The van der Waals surface area contributed by atoms with Gasteiger partial charge in [-0.15, -0.1) is 0 Å². The topological polar surface area (TPSA) is 35.5 Å². The van der Waals surface area contributed by atoms with Crippen LogP contribution in [0.3, 0.4) is 0 Å². The molecule has 0 saturated carbocycles. The second kappa shape index (κ2) is 15.0. The highest BCUT2D eigenvalue weighted by Gasteiger charge is 2.32. The van der Waals surface area contributed by atoms with Gasteiger partial charge in [-0.2, -0.15) is 0 Å². The highest BCUT2D eigenvalue weighted by Crippen LogP contribution is 2.46. The van der Waals surface area contributed by atoms with Crippen molar-refractivity contribution in [3.63, 3.8) is 0 Å². The summed E-state index contributed by atoms with van der Waals surface area (Å²) in [7, 11) is 1.54. The van der Waals surface area contributed by atoms with E-state index in [1.807, 2.05) is 0 Å². The molecule has 0 aromatic rings. The van der Waals surface area contributed by atoms with E-state index in [9.17, 15) is 4.57 Å². The number of rotatable bonds is 15. The van der Waals surface area contributed by atoms with E-state index in [0.29, 0.717) is 6.61 Å². The molecule has 2 atom stereocenters. The summed E-state index contributed by atoms with van der Waals surface area (Å²) in [6, 6.07) is 0. The second-order valence-electron chi connectivity index (χ2n) is 9.56. The summed E-state index contributed by atoms with van der Waals surface area (Å²) >= 11 is 0. The number of hydrogen-bond acceptors (Lipinski definition) is 3. The maximum atomic E-state index is 12.3. The summed E-state index contributed by atoms with van der Waals surface area (Å²) in [5.74, 6) is 0. The number of nitrogens with zero attached hydrogens (tertiary/aromatic N) is 1. The average Bonchev–Trinajstić information content (AvgIpc) is 2.59. The molecule has 0 spiro atoms. The lowest BCUT2D eigenvalue weighted by molar-refractivity contribution is -0.893. The van der Waals surface area contributed by atoms with Gasteiger partial charge < -0.3 is 9.01 Å². The van der Waals surface area contributed by atoms with Gasteiger partial charge in [-0.25, -0.2) is 0 Å². The minimum absolute atomic E-state index is 0.0588. The number of likely N-dealkylation sites (N-methyl/N-ethyl adjacent to an activating group) is 1. The quantitative estimate of drug-likeness (QED) is 0.161. The molecule has 1 rings (SSSR count). The van der Waals surface area contributed by atoms with Gasteiger partial charge in [0.25, 0.3) is 0 Å². The molecule has 0 aromatic heterocycles. The third-order valence-corrected chi connectivity index (χ3v) is 7.27. The van der Waals surface area contributed by atoms with E-state index in [2.05, 4.69) is 21.0 Å². The Labute approximate surface area is 175 Å². The van der Waals surface area contributed by atoms with Crippen molar-refractivity contribution in [3.8, 4) is 0 Å². The van der Waals surface area contributed by atoms with Crippen LogP contribution < -0.4 is 0 Å². The Balaban J connectivity index is 1.99. The van der Waals surface area contributed by atoms with Crippen molar-refractivity contribution >= 4 is 7.60 Å². The normalized spacial score (nSPS) is 25.4. The van der Waals surface area contributed by atoms with Crippen LogP contribution in [0.1, 0.15) is 103 Å². The highest BCUT2D eigenvalue weighted by molar-refractivity contribution is 7.53. The molecule has 1 unspecified atom stereocenters. The van der Waals surface area contributed by atoms with E-state index in [-0.39, 0.29) is 6.10 Å². The Hall–Kier alpha value is 0.110. The van der Waals surface area contributed by atoms with E-state index in [1.54, 1.807) is 6.66 Å². The van der Waals surface area contributed by atoms with Crippen LogP contribution in [-0.4, -0.2) is 51.0 Å². The lowest BCUT2D eigenvalue weighted by atomic mass is 10.0. The number of quaternary nitrogens is 1. The molecule has 0 aliphatic carbocycles. The molecule has 28 heavy (non-hydrogen) atoms. The lowest BCUT2D eigenvalue weighted by Crippen LogP contribution is -2.48. The molecule has 0 amide bonds. The molecule has 1 aliphatic heterocycles. The molecule has 0 N–H and O–H groups in total. The van der Waals surface area contributed by atoms with Gasteiger partial charge in [-0.1, -0.05) is 96.8 Å². The summed E-state index contributed by atoms with van der Waals surface area (Å²) < 4.78 is 24.5. The summed E-state index contributed by atoms with van der Waals surface area (Å²) in [4.78, 5) is 0. The fourth-order valence-corrected chi connectivity index (χ4v) is 5.33. The molecule has 0 aromatic carbocycles. The molecule has 1 aliphatic rings. The molecular formula is C23H49NO3P+. The van der Waals surface area contributed by atoms with Crippen LogP contribution in [0.4, 0.5) is 0 Å². The predicted molar refractivity (Wildman–Crippen MR) is 121 cm³/mol. The summed E-state index contributed by atoms with van der Waals surface area (Å²) in [5, 5.41) is 0. The lowest BCUT2D eigenvalue weighted by Gasteiger charge is -2.36. The van der Waals surface area contributed by atoms with Gasteiger partial charge in [0.05, 0.1) is 14.1 Å². The van der Waals surface area contributed by atoms with Gasteiger partial charge in [0.2, 0.25) is 0 Å². The van der Waals surface area contributed by atoms with Crippen molar-refractivity contribution in [3.05, 3.63) is 0 Å². The third kappa shape index (κ3) is 14.1. The Morgan fingerprint density at radius 2 is 1.29 bits per heavy atom. The van der Waals surface area contributed by atoms with Crippen molar-refractivity contribution < 1.29 is 18.1 Å². The van der Waals surface area contributed by atoms with Crippen LogP contribution in [0.5, 0.6) is 0 Å². The fourth-order valence-electron chi connectivity index (χ4n) is 4.14. The maximum absolute atomic E-state index is 12.3. The van der Waals surface area contributed by atoms with Crippen molar-refractivity contribution in [2.24, 2.45) is 0 Å². The molecule has 5 heteroatoms. The average molecular weight is 419 g/mol. The van der Waals surface area contributed by atoms with E-state index >= 15 is 0 Å². The standard InChI is InChI=1S/C23H49NO3P/c1-5-6-7-8-9-10-11-12-13-14-15-16-17-18-19-23-22-24(2,3)20-21-26-28(4,25)27-23/h23H,5-22H2,1-4H3/q+1/t23-,28?/m0/s1. The summed E-state index contributed by atoms with van der Waals surface area (Å²) in [6.07, 6.45) is 20.3. The molecule has 1 fully saturated rings. The van der Waals surface area contributed by atoms with Crippen molar-refractivity contribution in [2.45, 2.75) is 109 Å².